The van der Waals surface area contributed by atoms with Gasteiger partial charge in [-0.1, -0.05) is 18.2 Å². The average Bonchev–Trinajstić information content (AvgIpc) is 2.68. The first kappa shape index (κ1) is 17.2. The molecule has 0 spiro atoms. The highest BCUT2D eigenvalue weighted by Crippen LogP contribution is 2.18. The molecule has 1 N–H and O–H groups in total. The number of pyridine rings is 1. The van der Waals surface area contributed by atoms with Crippen molar-refractivity contribution >= 4 is 16.9 Å². The van der Waals surface area contributed by atoms with Gasteiger partial charge in [-0.05, 0) is 44.4 Å². The quantitative estimate of drug-likeness (QED) is 0.753. The zero-order chi connectivity index (χ0) is 19.0. The molecule has 0 radical (unpaired) electrons. The van der Waals surface area contributed by atoms with E-state index in [9.17, 15) is 14.4 Å². The summed E-state index contributed by atoms with van der Waals surface area (Å²) in [7, 11) is 0. The van der Waals surface area contributed by atoms with Gasteiger partial charge in [0.25, 0.3) is 11.5 Å². The number of hydrogen-bond acceptors (Lipinski definition) is 4. The average molecular weight is 364 g/mol. The summed E-state index contributed by atoms with van der Waals surface area (Å²) < 4.78 is 1.05. The van der Waals surface area contributed by atoms with Gasteiger partial charge in [-0.2, -0.15) is 0 Å². The summed E-state index contributed by atoms with van der Waals surface area (Å²) in [5, 5.41) is 0.152. The Morgan fingerprint density at radius 2 is 1.78 bits per heavy atom. The first-order chi connectivity index (χ1) is 13.1. The van der Waals surface area contributed by atoms with E-state index in [1.165, 1.54) is 0 Å². The minimum Gasteiger partial charge on any atom is -0.339 e. The second kappa shape index (κ2) is 6.83. The Bertz CT molecular complexity index is 1130. The van der Waals surface area contributed by atoms with Crippen LogP contribution in [0.1, 0.15) is 35.3 Å². The summed E-state index contributed by atoms with van der Waals surface area (Å²) in [5.41, 5.74) is 0.363. The van der Waals surface area contributed by atoms with E-state index in [1.807, 2.05) is 0 Å². The van der Waals surface area contributed by atoms with E-state index in [-0.39, 0.29) is 16.9 Å². The lowest BCUT2D eigenvalue weighted by Crippen LogP contribution is -2.38. The number of aromatic nitrogens is 3. The Morgan fingerprint density at radius 1 is 1.07 bits per heavy atom. The molecule has 3 aromatic rings. The highest BCUT2D eigenvalue weighted by Gasteiger charge is 2.24. The number of benzene rings is 1. The lowest BCUT2D eigenvalue weighted by Gasteiger charge is -2.27. The molecule has 1 aromatic carbocycles. The molecule has 27 heavy (non-hydrogen) atoms. The topological polar surface area (TPSA) is 88.1 Å². The number of piperidine rings is 1. The highest BCUT2D eigenvalue weighted by molar-refractivity contribution is 6.05. The van der Waals surface area contributed by atoms with E-state index in [0.29, 0.717) is 30.0 Å². The second-order valence-electron chi connectivity index (χ2n) is 6.79. The van der Waals surface area contributed by atoms with Gasteiger partial charge in [0, 0.05) is 18.8 Å². The van der Waals surface area contributed by atoms with Crippen LogP contribution in [0, 0.1) is 6.92 Å². The summed E-state index contributed by atoms with van der Waals surface area (Å²) in [4.78, 5) is 47.5. The molecule has 0 saturated carbocycles. The number of amides is 1. The molecule has 0 atom stereocenters. The minimum atomic E-state index is -0.576. The molecule has 1 aliphatic rings. The number of para-hydroxylation sites is 1. The fourth-order valence-electron chi connectivity index (χ4n) is 3.59. The van der Waals surface area contributed by atoms with Gasteiger partial charge in [0.2, 0.25) is 0 Å². The third kappa shape index (κ3) is 3.05. The first-order valence-electron chi connectivity index (χ1n) is 9.07. The number of fused-ring (bicyclic) bond motifs is 1. The number of likely N-dealkylation sites (tertiary alicyclic amines) is 1. The maximum absolute atomic E-state index is 13.2. The van der Waals surface area contributed by atoms with Gasteiger partial charge >= 0.3 is 5.69 Å². The maximum atomic E-state index is 13.2. The Labute approximate surface area is 155 Å². The molecule has 1 fully saturated rings. The molecule has 1 saturated heterocycles. The van der Waals surface area contributed by atoms with Crippen molar-refractivity contribution < 1.29 is 4.79 Å². The van der Waals surface area contributed by atoms with E-state index >= 15 is 0 Å². The largest absolute Gasteiger partial charge is 0.339 e. The molecule has 1 amide bonds. The Morgan fingerprint density at radius 3 is 2.48 bits per heavy atom. The molecule has 0 bridgehead atoms. The van der Waals surface area contributed by atoms with Crippen LogP contribution in [0.5, 0.6) is 0 Å². The molecule has 0 unspecified atom stereocenters. The maximum Gasteiger partial charge on any atom is 0.334 e. The van der Waals surface area contributed by atoms with Crippen LogP contribution in [0.3, 0.4) is 0 Å². The van der Waals surface area contributed by atoms with Crippen molar-refractivity contribution in [3.63, 3.8) is 0 Å². The van der Waals surface area contributed by atoms with Crippen LogP contribution in [0.4, 0.5) is 0 Å². The van der Waals surface area contributed by atoms with Gasteiger partial charge in [-0.15, -0.1) is 0 Å². The van der Waals surface area contributed by atoms with Crippen LogP contribution < -0.4 is 11.2 Å². The monoisotopic (exact) mass is 364 g/mol. The first-order valence-corrected chi connectivity index (χ1v) is 9.07. The van der Waals surface area contributed by atoms with Crippen molar-refractivity contribution in [2.75, 3.05) is 13.1 Å². The van der Waals surface area contributed by atoms with Gasteiger partial charge in [0.05, 0.1) is 16.6 Å². The van der Waals surface area contributed by atoms with Gasteiger partial charge < -0.3 is 4.90 Å². The Balaban J connectivity index is 1.98. The standard InChI is InChI=1S/C20H20N4O3/c1-13-12-15(18(25)23-10-6-3-7-11-23)16-17(21-13)22-20(27)24(19(16)26)14-8-4-2-5-9-14/h2,4-5,8-9,12H,3,6-7,10-11H2,1H3,(H,21,22,27). The van der Waals surface area contributed by atoms with Gasteiger partial charge in [-0.25, -0.2) is 14.3 Å². The van der Waals surface area contributed by atoms with Crippen molar-refractivity contribution in [2.24, 2.45) is 0 Å². The number of carbonyl (C=O) groups excluding carboxylic acids is 1. The fraction of sp³-hybridized carbons (Fsp3) is 0.300. The van der Waals surface area contributed by atoms with Crippen molar-refractivity contribution in [1.29, 1.82) is 0 Å². The third-order valence-corrected chi connectivity index (χ3v) is 4.88. The zero-order valence-corrected chi connectivity index (χ0v) is 15.1. The molecule has 2 aromatic heterocycles. The number of nitrogens with one attached hydrogen (secondary N) is 1. The number of carbonyl (C=O) groups is 1. The molecule has 1 aliphatic heterocycles. The molecular weight excluding hydrogens is 344 g/mol. The summed E-state index contributed by atoms with van der Waals surface area (Å²) >= 11 is 0. The summed E-state index contributed by atoms with van der Waals surface area (Å²) in [6, 6.07) is 10.3. The zero-order valence-electron chi connectivity index (χ0n) is 15.1. The molecular formula is C20H20N4O3. The van der Waals surface area contributed by atoms with E-state index < -0.39 is 11.2 Å². The molecule has 138 valence electrons. The predicted octanol–water partition coefficient (Wildman–Crippen LogP) is 2.01. The minimum absolute atomic E-state index is 0.151. The Hall–Kier alpha value is -3.22. The van der Waals surface area contributed by atoms with E-state index in [2.05, 4.69) is 9.97 Å². The number of aromatic amines is 1. The van der Waals surface area contributed by atoms with E-state index in [0.717, 1.165) is 23.8 Å². The number of aryl methyl sites for hydroxylation is 1. The van der Waals surface area contributed by atoms with E-state index in [1.54, 1.807) is 48.2 Å². The molecule has 4 rings (SSSR count). The SMILES string of the molecule is Cc1cc(C(=O)N2CCCCC2)c2c(=O)n(-c3ccccc3)c(=O)[nH]c2n1. The number of H-pyrrole nitrogens is 1. The van der Waals surface area contributed by atoms with Crippen molar-refractivity contribution in [1.82, 2.24) is 19.4 Å². The van der Waals surface area contributed by atoms with Crippen LogP contribution in [0.2, 0.25) is 0 Å². The molecule has 7 heteroatoms. The summed E-state index contributed by atoms with van der Waals surface area (Å²) in [5.74, 6) is -0.186. The molecule has 0 aliphatic carbocycles. The van der Waals surface area contributed by atoms with Crippen LogP contribution in [0.15, 0.2) is 46.0 Å². The van der Waals surface area contributed by atoms with Crippen molar-refractivity contribution in [2.45, 2.75) is 26.2 Å². The van der Waals surface area contributed by atoms with E-state index in [4.69, 9.17) is 0 Å². The van der Waals surface area contributed by atoms with Crippen molar-refractivity contribution in [3.05, 3.63) is 68.5 Å². The summed E-state index contributed by atoms with van der Waals surface area (Å²) in [6.45, 7) is 3.10. The van der Waals surface area contributed by atoms with Crippen LogP contribution in [-0.2, 0) is 0 Å². The number of rotatable bonds is 2. The normalized spacial score (nSPS) is 14.5. The van der Waals surface area contributed by atoms with Gasteiger partial charge in [0.1, 0.15) is 5.65 Å². The summed E-state index contributed by atoms with van der Waals surface area (Å²) in [6.07, 6.45) is 3.02. The van der Waals surface area contributed by atoms with Crippen molar-refractivity contribution in [3.8, 4) is 5.69 Å². The van der Waals surface area contributed by atoms with Gasteiger partial charge in [-0.3, -0.25) is 14.6 Å². The fourth-order valence-corrected chi connectivity index (χ4v) is 3.59. The molecule has 7 nitrogen and oxygen atoms in total. The number of nitrogens with zero attached hydrogens (tertiary/aromatic N) is 3. The van der Waals surface area contributed by atoms with Crippen LogP contribution >= 0.6 is 0 Å². The highest BCUT2D eigenvalue weighted by atomic mass is 16.2. The lowest BCUT2D eigenvalue weighted by atomic mass is 10.1. The van der Waals surface area contributed by atoms with Crippen LogP contribution in [0.25, 0.3) is 16.7 Å². The Kier molecular flexibility index (Phi) is 4.35. The number of hydrogen-bond donors (Lipinski definition) is 1. The van der Waals surface area contributed by atoms with Gasteiger partial charge in [0.15, 0.2) is 0 Å². The predicted molar refractivity (Wildman–Crippen MR) is 102 cm³/mol. The smallest absolute Gasteiger partial charge is 0.334 e. The molecule has 3 heterocycles. The van der Waals surface area contributed by atoms with Crippen LogP contribution in [-0.4, -0.2) is 38.4 Å². The second-order valence-corrected chi connectivity index (χ2v) is 6.79. The lowest BCUT2D eigenvalue weighted by molar-refractivity contribution is 0.0726. The third-order valence-electron chi connectivity index (χ3n) is 4.88.